The Bertz CT molecular complexity index is 1570. The van der Waals surface area contributed by atoms with Gasteiger partial charge in [-0.3, -0.25) is 24.2 Å². The third kappa shape index (κ3) is 5.24. The number of aryl methyl sites for hydroxylation is 1. The summed E-state index contributed by atoms with van der Waals surface area (Å²) in [5, 5.41) is 5.70. The largest absolute Gasteiger partial charge is 0.341 e. The number of amides is 2. The van der Waals surface area contributed by atoms with E-state index in [1.54, 1.807) is 12.1 Å². The smallest absolute Gasteiger partial charge is 0.331 e. The molecular weight excluding hydrogens is 516 g/mol. The average Bonchev–Trinajstić information content (AvgIpc) is 3.25. The highest BCUT2D eigenvalue weighted by Crippen LogP contribution is 2.32. The van der Waals surface area contributed by atoms with Crippen molar-refractivity contribution in [1.29, 1.82) is 0 Å². The van der Waals surface area contributed by atoms with Gasteiger partial charge in [0.25, 0.3) is 11.8 Å². The van der Waals surface area contributed by atoms with Crippen molar-refractivity contribution in [2.75, 3.05) is 14.1 Å². The molecule has 1 aromatic heterocycles. The van der Waals surface area contributed by atoms with Gasteiger partial charge in [-0.25, -0.2) is 4.79 Å². The Morgan fingerprint density at radius 2 is 1.59 bits per heavy atom. The van der Waals surface area contributed by atoms with E-state index in [2.05, 4.69) is 9.72 Å². The Kier molecular flexibility index (Phi) is 8.06. The van der Waals surface area contributed by atoms with Gasteiger partial charge >= 0.3 is 5.97 Å². The molecule has 0 aliphatic carbocycles. The number of benzene rings is 2. The third-order valence-electron chi connectivity index (χ3n) is 6.74. The summed E-state index contributed by atoms with van der Waals surface area (Å²) in [5.41, 5.74) is 3.20. The number of hydrogen-bond donors (Lipinski definition) is 0. The van der Waals surface area contributed by atoms with Crippen molar-refractivity contribution in [1.82, 2.24) is 14.4 Å². The first-order valence-corrected chi connectivity index (χ1v) is 13.2. The quantitative estimate of drug-likeness (QED) is 0.0772. The lowest BCUT2D eigenvalue weighted by molar-refractivity contribution is -0.141. The van der Waals surface area contributed by atoms with E-state index in [1.165, 1.54) is 30.8 Å². The molecule has 1 saturated heterocycles. The minimum atomic E-state index is -0.589. The van der Waals surface area contributed by atoms with Crippen LogP contribution in [0.1, 0.15) is 56.0 Å². The van der Waals surface area contributed by atoms with Gasteiger partial charge < -0.3 is 9.40 Å². The van der Waals surface area contributed by atoms with Crippen LogP contribution in [0, 0.1) is 0 Å². The van der Waals surface area contributed by atoms with E-state index in [1.807, 2.05) is 44.2 Å². The minimum absolute atomic E-state index is 0.0188. The number of carbonyl (C=O) groups is 4. The molecule has 4 rings (SSSR count). The van der Waals surface area contributed by atoms with Crippen LogP contribution in [0.5, 0.6) is 0 Å². The third-order valence-corrected chi connectivity index (χ3v) is 7.28. The number of Topliss-reactive ketones (excluding diaryl/α,β-unsaturated/α-hetero) is 1. The summed E-state index contributed by atoms with van der Waals surface area (Å²) >= 11 is 5.18. The maximum atomic E-state index is 13.4. The van der Waals surface area contributed by atoms with Crippen LogP contribution in [-0.4, -0.2) is 62.9 Å². The van der Waals surface area contributed by atoms with Crippen LogP contribution in [0.3, 0.4) is 0 Å². The van der Waals surface area contributed by atoms with Gasteiger partial charge in [-0.1, -0.05) is 24.6 Å². The van der Waals surface area contributed by atoms with Gasteiger partial charge in [-0.15, -0.1) is 0 Å². The summed E-state index contributed by atoms with van der Waals surface area (Å²) < 4.78 is 2.14. The molecule has 0 saturated carbocycles. The molecule has 10 heteroatoms. The van der Waals surface area contributed by atoms with Gasteiger partial charge in [0, 0.05) is 54.9 Å². The molecule has 202 valence electrons. The number of ketones is 1. The Morgan fingerprint density at radius 3 is 2.18 bits per heavy atom. The first kappa shape index (κ1) is 27.8. The van der Waals surface area contributed by atoms with Crippen molar-refractivity contribution in [2.45, 2.75) is 46.6 Å². The summed E-state index contributed by atoms with van der Waals surface area (Å²) in [6, 6.07) is 11.2. The standard InChI is InChI=1S/C29H30N4O5S/c1-6-8-9-23(30-38-17(3)34)26(35)19-11-13-25-21(16-19)20-14-18(10-12-24(20)33(25)7-2)15-22-27(36)31(4)29(39)32(5)28(22)37/h10-16H,6-9H2,1-5H3/b30-23+. The molecule has 1 fully saturated rings. The van der Waals surface area contributed by atoms with Gasteiger partial charge in [0.05, 0.1) is 0 Å². The van der Waals surface area contributed by atoms with Gasteiger partial charge in [0.15, 0.2) is 5.11 Å². The van der Waals surface area contributed by atoms with Crippen LogP contribution in [0.4, 0.5) is 0 Å². The number of thiocarbonyl (C=S) groups is 1. The molecule has 2 aromatic carbocycles. The molecular formula is C29H30N4O5S. The van der Waals surface area contributed by atoms with Crippen molar-refractivity contribution >= 4 is 74.5 Å². The van der Waals surface area contributed by atoms with Crippen LogP contribution < -0.4 is 0 Å². The number of oxime groups is 1. The number of rotatable bonds is 8. The molecule has 0 bridgehead atoms. The number of fused-ring (bicyclic) bond motifs is 3. The highest BCUT2D eigenvalue weighted by Gasteiger charge is 2.35. The van der Waals surface area contributed by atoms with Gasteiger partial charge in [0.1, 0.15) is 11.3 Å². The first-order valence-electron chi connectivity index (χ1n) is 12.8. The molecule has 2 heterocycles. The summed E-state index contributed by atoms with van der Waals surface area (Å²) in [6.07, 6.45) is 3.55. The summed E-state index contributed by atoms with van der Waals surface area (Å²) in [6.45, 7) is 5.98. The number of carbonyl (C=O) groups excluding carboxylic acids is 4. The SMILES string of the molecule is CCCC/C(=N\OC(C)=O)C(=O)c1ccc2c(c1)c1cc(C=C3C(=O)N(C)C(=S)N(C)C3=O)ccc1n2CC. The fourth-order valence-corrected chi connectivity index (χ4v) is 4.83. The van der Waals surface area contributed by atoms with Crippen LogP contribution in [0.2, 0.25) is 0 Å². The van der Waals surface area contributed by atoms with E-state index in [0.29, 0.717) is 24.1 Å². The van der Waals surface area contributed by atoms with Gasteiger partial charge in [-0.2, -0.15) is 0 Å². The zero-order chi connectivity index (χ0) is 28.4. The maximum absolute atomic E-state index is 13.4. The fourth-order valence-electron chi connectivity index (χ4n) is 4.67. The number of hydrogen-bond acceptors (Lipinski definition) is 7. The molecule has 0 spiro atoms. The molecule has 0 unspecified atom stereocenters. The number of likely N-dealkylation sites (N-methyl/N-ethyl adjacent to an activating group) is 2. The van der Waals surface area contributed by atoms with Gasteiger partial charge in [0.2, 0.25) is 5.78 Å². The predicted molar refractivity (Wildman–Crippen MR) is 154 cm³/mol. The second-order valence-electron chi connectivity index (χ2n) is 9.38. The molecule has 1 aliphatic rings. The fraction of sp³-hybridized carbons (Fsp3) is 0.310. The van der Waals surface area contributed by atoms with Crippen LogP contribution in [-0.2, 0) is 25.8 Å². The second kappa shape index (κ2) is 11.3. The lowest BCUT2D eigenvalue weighted by atomic mass is 10.00. The van der Waals surface area contributed by atoms with Crippen LogP contribution in [0.25, 0.3) is 27.9 Å². The molecule has 39 heavy (non-hydrogen) atoms. The number of aromatic nitrogens is 1. The van der Waals surface area contributed by atoms with E-state index >= 15 is 0 Å². The molecule has 2 amide bonds. The Morgan fingerprint density at radius 1 is 0.974 bits per heavy atom. The Labute approximate surface area is 231 Å². The monoisotopic (exact) mass is 546 g/mol. The van der Waals surface area contributed by atoms with Crippen molar-refractivity contribution in [3.63, 3.8) is 0 Å². The Balaban J connectivity index is 1.83. The van der Waals surface area contributed by atoms with E-state index < -0.39 is 17.8 Å². The van der Waals surface area contributed by atoms with Crippen LogP contribution >= 0.6 is 12.2 Å². The Hall–Kier alpha value is -4.18. The molecule has 0 radical (unpaired) electrons. The maximum Gasteiger partial charge on any atom is 0.331 e. The van der Waals surface area contributed by atoms with Crippen molar-refractivity contribution < 1.29 is 24.0 Å². The van der Waals surface area contributed by atoms with E-state index in [4.69, 9.17) is 17.1 Å². The lowest BCUT2D eigenvalue weighted by Crippen LogP contribution is -2.52. The zero-order valence-electron chi connectivity index (χ0n) is 22.6. The highest BCUT2D eigenvalue weighted by atomic mass is 32.1. The normalized spacial score (nSPS) is 14.5. The van der Waals surface area contributed by atoms with Gasteiger partial charge in [-0.05, 0) is 74.0 Å². The highest BCUT2D eigenvalue weighted by molar-refractivity contribution is 7.80. The van der Waals surface area contributed by atoms with Crippen molar-refractivity contribution in [3.05, 3.63) is 53.1 Å². The van der Waals surface area contributed by atoms with E-state index in [9.17, 15) is 19.2 Å². The molecule has 0 atom stereocenters. The first-order chi connectivity index (χ1) is 18.6. The summed E-state index contributed by atoms with van der Waals surface area (Å²) in [7, 11) is 3.08. The molecule has 0 N–H and O–H groups in total. The topological polar surface area (TPSA) is 101 Å². The van der Waals surface area contributed by atoms with Crippen LogP contribution in [0.15, 0.2) is 47.1 Å². The number of unbranched alkanes of at least 4 members (excludes halogenated alkanes) is 1. The molecule has 3 aromatic rings. The van der Waals surface area contributed by atoms with Crippen molar-refractivity contribution in [3.8, 4) is 0 Å². The average molecular weight is 547 g/mol. The number of nitrogens with zero attached hydrogens (tertiary/aromatic N) is 4. The minimum Gasteiger partial charge on any atom is -0.341 e. The second-order valence-corrected chi connectivity index (χ2v) is 9.74. The van der Waals surface area contributed by atoms with E-state index in [-0.39, 0.29) is 22.2 Å². The van der Waals surface area contributed by atoms with E-state index in [0.717, 1.165) is 34.6 Å². The summed E-state index contributed by atoms with van der Waals surface area (Å²) in [4.78, 5) is 57.7. The zero-order valence-corrected chi connectivity index (χ0v) is 23.4. The molecule has 1 aliphatic heterocycles. The molecule has 9 nitrogen and oxygen atoms in total. The van der Waals surface area contributed by atoms with Crippen molar-refractivity contribution in [2.24, 2.45) is 5.16 Å². The predicted octanol–water partition coefficient (Wildman–Crippen LogP) is 4.71. The lowest BCUT2D eigenvalue weighted by Gasteiger charge is -2.31. The summed E-state index contributed by atoms with van der Waals surface area (Å²) in [5.74, 6) is -1.81.